The van der Waals surface area contributed by atoms with Gasteiger partial charge in [0.2, 0.25) is 5.16 Å². The lowest BCUT2D eigenvalue weighted by molar-refractivity contribution is -0.146. The topological polar surface area (TPSA) is 82.5 Å². The molecule has 126 valence electrons. The summed E-state index contributed by atoms with van der Waals surface area (Å²) in [5.74, 6) is 3.19. The SMILES string of the molecule is Nn1c(Sc2nc(C(F)F)nc3ccccc23)nnc1C(F)(F)F. The van der Waals surface area contributed by atoms with E-state index >= 15 is 0 Å². The molecular formula is C12H7F5N6S. The fraction of sp³-hybridized carbons (Fsp3) is 0.167. The lowest BCUT2D eigenvalue weighted by Gasteiger charge is -2.08. The van der Waals surface area contributed by atoms with Crippen molar-refractivity contribution in [3.63, 3.8) is 0 Å². The van der Waals surface area contributed by atoms with Gasteiger partial charge in [-0.05, 0) is 17.8 Å². The molecule has 0 saturated heterocycles. The Morgan fingerprint density at radius 3 is 2.42 bits per heavy atom. The highest BCUT2D eigenvalue weighted by molar-refractivity contribution is 7.99. The number of nitrogens with zero attached hydrogens (tertiary/aromatic N) is 5. The predicted molar refractivity (Wildman–Crippen MR) is 73.8 cm³/mol. The highest BCUT2D eigenvalue weighted by Gasteiger charge is 2.38. The van der Waals surface area contributed by atoms with E-state index in [1.165, 1.54) is 6.07 Å². The third-order valence-corrected chi connectivity index (χ3v) is 3.85. The second-order valence-corrected chi connectivity index (χ2v) is 5.44. The number of nitrogen functional groups attached to an aromatic ring is 1. The molecule has 0 saturated carbocycles. The highest BCUT2D eigenvalue weighted by Crippen LogP contribution is 2.34. The van der Waals surface area contributed by atoms with E-state index in [0.29, 0.717) is 17.1 Å². The van der Waals surface area contributed by atoms with Crippen LogP contribution in [-0.4, -0.2) is 24.8 Å². The average molecular weight is 362 g/mol. The second-order valence-electron chi connectivity index (χ2n) is 4.48. The van der Waals surface area contributed by atoms with Crippen molar-refractivity contribution in [2.45, 2.75) is 22.8 Å². The van der Waals surface area contributed by atoms with Crippen LogP contribution in [0.5, 0.6) is 0 Å². The van der Waals surface area contributed by atoms with Gasteiger partial charge in [0.15, 0.2) is 5.82 Å². The fourth-order valence-electron chi connectivity index (χ4n) is 1.87. The lowest BCUT2D eigenvalue weighted by Crippen LogP contribution is -2.21. The maximum Gasteiger partial charge on any atom is 0.453 e. The minimum absolute atomic E-state index is 0.00345. The van der Waals surface area contributed by atoms with Gasteiger partial charge in [0.25, 0.3) is 12.2 Å². The van der Waals surface area contributed by atoms with Crippen LogP contribution in [0.1, 0.15) is 18.1 Å². The maximum absolute atomic E-state index is 12.9. The molecule has 0 amide bonds. The van der Waals surface area contributed by atoms with Crippen molar-refractivity contribution >= 4 is 22.7 Å². The van der Waals surface area contributed by atoms with Crippen molar-refractivity contribution in [2.75, 3.05) is 5.84 Å². The molecule has 0 atom stereocenters. The molecule has 3 rings (SSSR count). The van der Waals surface area contributed by atoms with Gasteiger partial charge in [-0.2, -0.15) is 13.2 Å². The third kappa shape index (κ3) is 2.96. The minimum Gasteiger partial charge on any atom is -0.335 e. The van der Waals surface area contributed by atoms with Gasteiger partial charge in [0, 0.05) is 5.39 Å². The van der Waals surface area contributed by atoms with Crippen LogP contribution in [0.15, 0.2) is 34.4 Å². The van der Waals surface area contributed by atoms with E-state index in [4.69, 9.17) is 5.84 Å². The molecule has 0 radical (unpaired) electrons. The van der Waals surface area contributed by atoms with Gasteiger partial charge in [0.05, 0.1) is 5.52 Å². The Balaban J connectivity index is 2.09. The second kappa shape index (κ2) is 5.85. The monoisotopic (exact) mass is 362 g/mol. The molecule has 2 N–H and O–H groups in total. The number of aromatic nitrogens is 5. The van der Waals surface area contributed by atoms with Gasteiger partial charge < -0.3 is 5.84 Å². The summed E-state index contributed by atoms with van der Waals surface area (Å²) in [5, 5.41) is 6.35. The van der Waals surface area contributed by atoms with Gasteiger partial charge in [-0.25, -0.2) is 23.4 Å². The van der Waals surface area contributed by atoms with Gasteiger partial charge in [-0.15, -0.1) is 10.2 Å². The summed E-state index contributed by atoms with van der Waals surface area (Å²) >= 11 is 0.592. The summed E-state index contributed by atoms with van der Waals surface area (Å²) in [7, 11) is 0. The molecule has 12 heteroatoms. The van der Waals surface area contributed by atoms with E-state index in [1.54, 1.807) is 18.2 Å². The molecule has 1 aromatic carbocycles. The normalized spacial score (nSPS) is 12.2. The molecule has 3 aromatic rings. The van der Waals surface area contributed by atoms with Crippen molar-refractivity contribution in [2.24, 2.45) is 0 Å². The molecular weight excluding hydrogens is 355 g/mol. The molecule has 24 heavy (non-hydrogen) atoms. The van der Waals surface area contributed by atoms with Crippen molar-refractivity contribution in [1.82, 2.24) is 24.8 Å². The van der Waals surface area contributed by atoms with E-state index in [-0.39, 0.29) is 20.4 Å². The first kappa shape index (κ1) is 16.4. The molecule has 0 spiro atoms. The lowest BCUT2D eigenvalue weighted by atomic mass is 10.2. The summed E-state index contributed by atoms with van der Waals surface area (Å²) < 4.78 is 64.1. The third-order valence-electron chi connectivity index (χ3n) is 2.89. The Morgan fingerprint density at radius 1 is 1.08 bits per heavy atom. The number of rotatable bonds is 3. The fourth-order valence-corrected chi connectivity index (χ4v) is 2.73. The molecule has 2 aromatic heterocycles. The first-order valence-corrected chi connectivity index (χ1v) is 7.09. The molecule has 0 aliphatic rings. The van der Waals surface area contributed by atoms with Gasteiger partial charge in [-0.3, -0.25) is 0 Å². The minimum atomic E-state index is -4.79. The molecule has 0 aliphatic heterocycles. The molecule has 0 aliphatic carbocycles. The molecule has 0 unspecified atom stereocenters. The average Bonchev–Trinajstić information content (AvgIpc) is 2.88. The predicted octanol–water partition coefficient (Wildman–Crippen LogP) is 3.04. The number of halogens is 5. The first-order chi connectivity index (χ1) is 11.3. The Kier molecular flexibility index (Phi) is 3.99. The van der Waals surface area contributed by atoms with Crippen molar-refractivity contribution < 1.29 is 22.0 Å². The molecule has 6 nitrogen and oxygen atoms in total. The number of hydrogen-bond donors (Lipinski definition) is 1. The number of fused-ring (bicyclic) bond motifs is 1. The van der Waals surface area contributed by atoms with Crippen LogP contribution in [0, 0.1) is 0 Å². The number of hydrogen-bond acceptors (Lipinski definition) is 6. The highest BCUT2D eigenvalue weighted by atomic mass is 32.2. The van der Waals surface area contributed by atoms with Crippen LogP contribution in [0.3, 0.4) is 0 Å². The van der Waals surface area contributed by atoms with Crippen LogP contribution in [0.4, 0.5) is 22.0 Å². The molecule has 0 bridgehead atoms. The number of nitrogens with two attached hydrogens (primary N) is 1. The van der Waals surface area contributed by atoms with E-state index < -0.39 is 24.3 Å². The zero-order chi connectivity index (χ0) is 17.5. The maximum atomic E-state index is 12.9. The standard InChI is InChI=1S/C12H7F5N6S/c13-7(14)8-19-6-4-2-1-3-5(6)9(20-8)24-11-22-21-10(23(11)18)12(15,16)17/h1-4,7H,18H2. The Bertz CT molecular complexity index is 893. The van der Waals surface area contributed by atoms with Gasteiger partial charge >= 0.3 is 6.18 Å². The van der Waals surface area contributed by atoms with E-state index in [0.717, 1.165) is 0 Å². The van der Waals surface area contributed by atoms with E-state index in [9.17, 15) is 22.0 Å². The van der Waals surface area contributed by atoms with Gasteiger partial charge in [0.1, 0.15) is 5.03 Å². The van der Waals surface area contributed by atoms with Crippen LogP contribution < -0.4 is 5.84 Å². The summed E-state index contributed by atoms with van der Waals surface area (Å²) in [6.45, 7) is 0. The van der Waals surface area contributed by atoms with E-state index in [2.05, 4.69) is 20.2 Å². The van der Waals surface area contributed by atoms with Crippen LogP contribution in [-0.2, 0) is 6.18 Å². The zero-order valence-corrected chi connectivity index (χ0v) is 12.3. The largest absolute Gasteiger partial charge is 0.453 e. The smallest absolute Gasteiger partial charge is 0.335 e. The quantitative estimate of drug-likeness (QED) is 0.438. The van der Waals surface area contributed by atoms with Crippen molar-refractivity contribution in [1.29, 1.82) is 0 Å². The van der Waals surface area contributed by atoms with Crippen LogP contribution in [0.25, 0.3) is 10.9 Å². The first-order valence-electron chi connectivity index (χ1n) is 6.27. The number of para-hydroxylation sites is 1. The van der Waals surface area contributed by atoms with Crippen molar-refractivity contribution in [3.8, 4) is 0 Å². The van der Waals surface area contributed by atoms with E-state index in [1.807, 2.05) is 0 Å². The summed E-state index contributed by atoms with van der Waals surface area (Å²) in [5.41, 5.74) is 0.226. The Morgan fingerprint density at radius 2 is 1.79 bits per heavy atom. The van der Waals surface area contributed by atoms with Gasteiger partial charge in [-0.1, -0.05) is 18.2 Å². The number of benzene rings is 1. The Labute approximate surface area is 134 Å². The number of alkyl halides is 5. The van der Waals surface area contributed by atoms with Crippen LogP contribution in [0.2, 0.25) is 0 Å². The zero-order valence-electron chi connectivity index (χ0n) is 11.5. The summed E-state index contributed by atoms with van der Waals surface area (Å²) in [6, 6.07) is 6.24. The van der Waals surface area contributed by atoms with Crippen LogP contribution >= 0.6 is 11.8 Å². The molecule has 2 heterocycles. The van der Waals surface area contributed by atoms with Crippen molar-refractivity contribution in [3.05, 3.63) is 35.9 Å². The summed E-state index contributed by atoms with van der Waals surface area (Å²) in [4.78, 5) is 7.41. The summed E-state index contributed by atoms with van der Waals surface area (Å²) in [6.07, 6.45) is -7.72. The molecule has 0 fully saturated rings. The Hall–Kier alpha value is -2.50.